The van der Waals surface area contributed by atoms with Crippen LogP contribution in [0.4, 0.5) is 0 Å². The fraction of sp³-hybridized carbons (Fsp3) is 0.830. The Morgan fingerprint density at radius 1 is 0.508 bits per heavy atom. The molecule has 0 saturated carbocycles. The van der Waals surface area contributed by atoms with Crippen molar-refractivity contribution in [3.8, 4) is 0 Å². The van der Waals surface area contributed by atoms with Crippen molar-refractivity contribution in [2.75, 3.05) is 41.0 Å². The first kappa shape index (κ1) is 58.6. The first-order valence-electron chi connectivity index (χ1n) is 25.5. The maximum atomic E-state index is 12.8. The van der Waals surface area contributed by atoms with Gasteiger partial charge < -0.3 is 23.8 Å². The third-order valence-electron chi connectivity index (χ3n) is 11.5. The minimum Gasteiger partial charge on any atom is -0.477 e. The minimum atomic E-state index is -0.876. The lowest BCUT2D eigenvalue weighted by atomic mass is 10.0. The van der Waals surface area contributed by atoms with Crippen LogP contribution in [0.5, 0.6) is 0 Å². The summed E-state index contributed by atoms with van der Waals surface area (Å²) in [6.07, 6.45) is 52.0. The SMILES string of the molecule is CC/C=C/C/C=C/CCCCCCCCCC(=O)OC(COCCC(C(=O)O)[N+](C)(C)C)COC(=O)CCCCCCCCC/C=C/CCCCCCCCCCCCCC. The van der Waals surface area contributed by atoms with Gasteiger partial charge in [-0.05, 0) is 64.2 Å². The van der Waals surface area contributed by atoms with E-state index < -0.39 is 18.1 Å². The Hall–Kier alpha value is -2.45. The molecule has 0 saturated heterocycles. The molecule has 0 aliphatic carbocycles. The maximum absolute atomic E-state index is 12.8. The summed E-state index contributed by atoms with van der Waals surface area (Å²) in [7, 11) is 5.53. The number of allylic oxidation sites excluding steroid dienone is 6. The quantitative estimate of drug-likeness (QED) is 0.0282. The molecule has 8 nitrogen and oxygen atoms in total. The molecule has 2 unspecified atom stereocenters. The van der Waals surface area contributed by atoms with Gasteiger partial charge in [0.2, 0.25) is 0 Å². The lowest BCUT2D eigenvalue weighted by molar-refractivity contribution is -0.887. The highest BCUT2D eigenvalue weighted by molar-refractivity contribution is 5.72. The van der Waals surface area contributed by atoms with Gasteiger partial charge in [-0.1, -0.05) is 185 Å². The van der Waals surface area contributed by atoms with Crippen molar-refractivity contribution >= 4 is 17.9 Å². The van der Waals surface area contributed by atoms with Crippen LogP contribution in [0, 0.1) is 0 Å². The largest absolute Gasteiger partial charge is 0.477 e. The second kappa shape index (κ2) is 44.2. The summed E-state index contributed by atoms with van der Waals surface area (Å²) in [6, 6.07) is -0.616. The van der Waals surface area contributed by atoms with Gasteiger partial charge in [-0.15, -0.1) is 0 Å². The molecule has 0 aromatic carbocycles. The fourth-order valence-electron chi connectivity index (χ4n) is 7.60. The van der Waals surface area contributed by atoms with Gasteiger partial charge in [0.1, 0.15) is 6.61 Å². The Morgan fingerprint density at radius 2 is 0.918 bits per heavy atom. The van der Waals surface area contributed by atoms with Crippen LogP contribution in [-0.4, -0.2) is 80.6 Å². The summed E-state index contributed by atoms with van der Waals surface area (Å²) in [4.78, 5) is 37.1. The Labute approximate surface area is 376 Å². The van der Waals surface area contributed by atoms with Crippen molar-refractivity contribution in [3.63, 3.8) is 0 Å². The summed E-state index contributed by atoms with van der Waals surface area (Å²) in [5.41, 5.74) is 0. The molecule has 2 atom stereocenters. The van der Waals surface area contributed by atoms with E-state index in [1.807, 2.05) is 21.1 Å². The van der Waals surface area contributed by atoms with Crippen molar-refractivity contribution in [3.05, 3.63) is 36.5 Å². The molecular weight excluding hydrogens is 763 g/mol. The first-order valence-corrected chi connectivity index (χ1v) is 25.5. The van der Waals surface area contributed by atoms with Crippen molar-refractivity contribution in [2.24, 2.45) is 0 Å². The average Bonchev–Trinajstić information content (AvgIpc) is 3.22. The van der Waals surface area contributed by atoms with Crippen LogP contribution in [0.3, 0.4) is 0 Å². The zero-order chi connectivity index (χ0) is 44.9. The summed E-state index contributed by atoms with van der Waals surface area (Å²) in [6.45, 7) is 4.65. The number of carbonyl (C=O) groups is 3. The normalized spacial score (nSPS) is 13.1. The van der Waals surface area contributed by atoms with E-state index >= 15 is 0 Å². The smallest absolute Gasteiger partial charge is 0.362 e. The second-order valence-electron chi connectivity index (χ2n) is 18.4. The summed E-state index contributed by atoms with van der Waals surface area (Å²) >= 11 is 0. The molecule has 0 amide bonds. The Bertz CT molecular complexity index is 1090. The molecule has 0 spiro atoms. The molecule has 0 rings (SSSR count). The van der Waals surface area contributed by atoms with E-state index in [2.05, 4.69) is 50.3 Å². The van der Waals surface area contributed by atoms with Crippen LogP contribution in [0.1, 0.15) is 232 Å². The first-order chi connectivity index (χ1) is 29.6. The van der Waals surface area contributed by atoms with Crippen LogP contribution < -0.4 is 0 Å². The molecule has 0 aliphatic heterocycles. The van der Waals surface area contributed by atoms with Crippen molar-refractivity contribution in [1.82, 2.24) is 0 Å². The zero-order valence-corrected chi connectivity index (χ0v) is 40.6. The van der Waals surface area contributed by atoms with E-state index in [1.54, 1.807) is 0 Å². The molecule has 0 bridgehead atoms. The molecule has 61 heavy (non-hydrogen) atoms. The lowest BCUT2D eigenvalue weighted by Gasteiger charge is -2.31. The molecule has 356 valence electrons. The number of aliphatic carboxylic acids is 1. The van der Waals surface area contributed by atoms with Gasteiger partial charge >= 0.3 is 17.9 Å². The number of carbonyl (C=O) groups excluding carboxylic acids is 2. The number of hydrogen-bond donors (Lipinski definition) is 1. The van der Waals surface area contributed by atoms with Gasteiger partial charge in [-0.25, -0.2) is 4.79 Å². The molecule has 0 aromatic heterocycles. The Kier molecular flexibility index (Phi) is 42.4. The summed E-state index contributed by atoms with van der Waals surface area (Å²) < 4.78 is 17.3. The predicted octanol–water partition coefficient (Wildman–Crippen LogP) is 14.6. The van der Waals surface area contributed by atoms with E-state index in [1.165, 1.54) is 141 Å². The molecule has 0 radical (unpaired) electrons. The van der Waals surface area contributed by atoms with Gasteiger partial charge in [-0.2, -0.15) is 0 Å². The van der Waals surface area contributed by atoms with Crippen LogP contribution in [0.15, 0.2) is 36.5 Å². The number of carboxylic acid groups (broad SMARTS) is 1. The van der Waals surface area contributed by atoms with Crippen LogP contribution in [-0.2, 0) is 28.6 Å². The highest BCUT2D eigenvalue weighted by atomic mass is 16.6. The maximum Gasteiger partial charge on any atom is 0.362 e. The topological polar surface area (TPSA) is 99.1 Å². The summed E-state index contributed by atoms with van der Waals surface area (Å²) in [5, 5.41) is 9.64. The molecule has 1 N–H and O–H groups in total. The van der Waals surface area contributed by atoms with Crippen molar-refractivity contribution in [2.45, 2.75) is 244 Å². The van der Waals surface area contributed by atoms with E-state index in [9.17, 15) is 19.5 Å². The number of carboxylic acids is 1. The number of hydrogen-bond acceptors (Lipinski definition) is 6. The number of ether oxygens (including phenoxy) is 3. The van der Waals surface area contributed by atoms with Crippen LogP contribution >= 0.6 is 0 Å². The Morgan fingerprint density at radius 3 is 1.36 bits per heavy atom. The molecule has 0 aromatic rings. The third kappa shape index (κ3) is 42.6. The van der Waals surface area contributed by atoms with Crippen molar-refractivity contribution in [1.29, 1.82) is 0 Å². The lowest BCUT2D eigenvalue weighted by Crippen LogP contribution is -2.50. The Balaban J connectivity index is 4.19. The van der Waals surface area contributed by atoms with Gasteiger partial charge in [0, 0.05) is 19.3 Å². The number of unbranched alkanes of at least 4 members (excludes halogenated alkanes) is 26. The molecule has 8 heteroatoms. The minimum absolute atomic E-state index is 0.0549. The zero-order valence-electron chi connectivity index (χ0n) is 40.6. The molecule has 0 fully saturated rings. The van der Waals surface area contributed by atoms with Gasteiger partial charge in [-0.3, -0.25) is 9.59 Å². The fourth-order valence-corrected chi connectivity index (χ4v) is 7.60. The van der Waals surface area contributed by atoms with Crippen LogP contribution in [0.2, 0.25) is 0 Å². The van der Waals surface area contributed by atoms with E-state index in [0.717, 1.165) is 57.8 Å². The van der Waals surface area contributed by atoms with Crippen molar-refractivity contribution < 1.29 is 38.2 Å². The third-order valence-corrected chi connectivity index (χ3v) is 11.5. The second-order valence-corrected chi connectivity index (χ2v) is 18.4. The predicted molar refractivity (Wildman–Crippen MR) is 257 cm³/mol. The average molecular weight is 861 g/mol. The highest BCUT2D eigenvalue weighted by Gasteiger charge is 2.31. The van der Waals surface area contributed by atoms with Gasteiger partial charge in [0.05, 0.1) is 34.4 Å². The van der Waals surface area contributed by atoms with E-state index in [4.69, 9.17) is 14.2 Å². The number of rotatable bonds is 46. The molecule has 0 heterocycles. The van der Waals surface area contributed by atoms with E-state index in [-0.39, 0.29) is 36.2 Å². The van der Waals surface area contributed by atoms with Gasteiger partial charge in [0.25, 0.3) is 0 Å². The molecular formula is C53H98NO7+. The molecule has 0 aliphatic rings. The van der Waals surface area contributed by atoms with E-state index in [0.29, 0.717) is 19.3 Å². The monoisotopic (exact) mass is 861 g/mol. The number of quaternary nitrogens is 1. The number of nitrogens with zero attached hydrogens (tertiary/aromatic N) is 1. The van der Waals surface area contributed by atoms with Crippen LogP contribution in [0.25, 0.3) is 0 Å². The number of likely N-dealkylation sites (N-methyl/N-ethyl adjacent to an activating group) is 1. The summed E-state index contributed by atoms with van der Waals surface area (Å²) in [5.74, 6) is -1.47. The standard InChI is InChI=1S/C53H97NO7/c1-6-8-10-12-14-16-18-20-22-23-24-25-26-27-28-29-30-32-33-35-37-39-41-43-51(55)60-48-49(47-59-46-45-50(53(57)58)54(3,4)5)61-52(56)44-42-40-38-36-34-31-21-19-17-15-13-11-9-7-2/h9,11,15,17,27-28,49-50H,6-8,10,12-14,16,18-26,29-48H2,1-5H3/p+1/b11-9+,17-15+,28-27+. The highest BCUT2D eigenvalue weighted by Crippen LogP contribution is 2.16. The number of esters is 2. The van der Waals surface area contributed by atoms with Gasteiger partial charge in [0.15, 0.2) is 12.1 Å².